The van der Waals surface area contributed by atoms with Crippen LogP contribution in [0.4, 0.5) is 0 Å². The second kappa shape index (κ2) is 6.02. The Morgan fingerprint density at radius 2 is 2.06 bits per heavy atom. The molecule has 6 heteroatoms. The summed E-state index contributed by atoms with van der Waals surface area (Å²) in [7, 11) is -3.11. The summed E-state index contributed by atoms with van der Waals surface area (Å²) in [5, 5.41) is 8.96. The van der Waals surface area contributed by atoms with Gasteiger partial charge in [0, 0.05) is 13.1 Å². The maximum atomic E-state index is 11.5. The number of rotatable bonds is 5. The number of carbonyl (C=O) groups is 1. The number of aliphatic carboxylic acids is 1. The van der Waals surface area contributed by atoms with Gasteiger partial charge in [-0.3, -0.25) is 4.79 Å². The van der Waals surface area contributed by atoms with E-state index in [1.54, 1.807) is 6.92 Å². The van der Waals surface area contributed by atoms with E-state index in [9.17, 15) is 13.2 Å². The van der Waals surface area contributed by atoms with E-state index >= 15 is 0 Å². The van der Waals surface area contributed by atoms with Crippen LogP contribution in [-0.4, -0.2) is 43.1 Å². The molecule has 18 heavy (non-hydrogen) atoms. The lowest BCUT2D eigenvalue weighted by molar-refractivity contribution is -0.143. The predicted molar refractivity (Wildman–Crippen MR) is 69.7 cm³/mol. The van der Waals surface area contributed by atoms with Crippen LogP contribution < -0.4 is 0 Å². The van der Waals surface area contributed by atoms with Crippen LogP contribution in [0.3, 0.4) is 0 Å². The highest BCUT2D eigenvalue weighted by Gasteiger charge is 2.29. The summed E-state index contributed by atoms with van der Waals surface area (Å²) < 4.78 is 24.5. The normalized spacial score (nSPS) is 25.6. The minimum Gasteiger partial charge on any atom is -0.481 e. The van der Waals surface area contributed by atoms with Crippen molar-refractivity contribution < 1.29 is 18.3 Å². The summed E-state index contributed by atoms with van der Waals surface area (Å²) in [4.78, 5) is 10.9. The van der Waals surface area contributed by atoms with Gasteiger partial charge in [-0.15, -0.1) is 0 Å². The molecule has 1 fully saturated rings. The van der Waals surface area contributed by atoms with Gasteiger partial charge >= 0.3 is 5.97 Å². The third-order valence-electron chi connectivity index (χ3n) is 3.90. The maximum absolute atomic E-state index is 11.5. The van der Waals surface area contributed by atoms with E-state index in [-0.39, 0.29) is 17.8 Å². The highest BCUT2D eigenvalue weighted by atomic mass is 32.2. The van der Waals surface area contributed by atoms with Crippen molar-refractivity contribution in [3.63, 3.8) is 0 Å². The summed E-state index contributed by atoms with van der Waals surface area (Å²) in [5.41, 5.74) is 0. The Hall–Kier alpha value is -0.620. The number of hydrogen-bond acceptors (Lipinski definition) is 3. The molecule has 0 aromatic rings. The Morgan fingerprint density at radius 1 is 1.44 bits per heavy atom. The van der Waals surface area contributed by atoms with Crippen molar-refractivity contribution in [1.82, 2.24) is 4.31 Å². The Bertz CT molecular complexity index is 393. The van der Waals surface area contributed by atoms with E-state index in [2.05, 4.69) is 0 Å². The highest BCUT2D eigenvalue weighted by molar-refractivity contribution is 7.88. The molecule has 3 atom stereocenters. The topological polar surface area (TPSA) is 74.7 Å². The van der Waals surface area contributed by atoms with Gasteiger partial charge in [0.25, 0.3) is 0 Å². The first-order chi connectivity index (χ1) is 8.21. The predicted octanol–water partition coefficient (Wildman–Crippen LogP) is 1.40. The van der Waals surface area contributed by atoms with Crippen molar-refractivity contribution in [2.75, 3.05) is 19.3 Å². The summed E-state index contributed by atoms with van der Waals surface area (Å²) >= 11 is 0. The Kier molecular flexibility index (Phi) is 5.16. The van der Waals surface area contributed by atoms with Crippen molar-refractivity contribution in [3.05, 3.63) is 0 Å². The fourth-order valence-corrected chi connectivity index (χ4v) is 3.44. The molecule has 1 aliphatic rings. The van der Waals surface area contributed by atoms with Crippen molar-refractivity contribution >= 4 is 16.0 Å². The van der Waals surface area contributed by atoms with Gasteiger partial charge in [0.05, 0.1) is 12.2 Å². The Morgan fingerprint density at radius 3 is 2.56 bits per heavy atom. The fraction of sp³-hybridized carbons (Fsp3) is 0.917. The van der Waals surface area contributed by atoms with Crippen LogP contribution in [0, 0.1) is 17.8 Å². The zero-order chi connectivity index (χ0) is 13.9. The minimum absolute atomic E-state index is 0.0759. The van der Waals surface area contributed by atoms with Crippen LogP contribution in [-0.2, 0) is 14.8 Å². The minimum atomic E-state index is -3.11. The van der Waals surface area contributed by atoms with E-state index in [1.807, 2.05) is 6.92 Å². The summed E-state index contributed by atoms with van der Waals surface area (Å²) in [6, 6.07) is 0. The number of hydrogen-bond donors (Lipinski definition) is 1. The van der Waals surface area contributed by atoms with E-state index in [4.69, 9.17) is 5.11 Å². The highest BCUT2D eigenvalue weighted by Crippen LogP contribution is 2.27. The quantitative estimate of drug-likeness (QED) is 0.824. The molecular weight excluding hydrogens is 254 g/mol. The van der Waals surface area contributed by atoms with Gasteiger partial charge in [-0.25, -0.2) is 12.7 Å². The van der Waals surface area contributed by atoms with Gasteiger partial charge in [-0.2, -0.15) is 0 Å². The summed E-state index contributed by atoms with van der Waals surface area (Å²) in [6.07, 6.45) is 3.87. The summed E-state index contributed by atoms with van der Waals surface area (Å²) in [5.74, 6) is -0.797. The first-order valence-electron chi connectivity index (χ1n) is 6.39. The molecular formula is C12H23NO4S. The maximum Gasteiger partial charge on any atom is 0.306 e. The molecule has 3 unspecified atom stereocenters. The van der Waals surface area contributed by atoms with Gasteiger partial charge in [-0.1, -0.05) is 13.8 Å². The molecule has 0 aliphatic carbocycles. The zero-order valence-electron chi connectivity index (χ0n) is 11.3. The second-order valence-electron chi connectivity index (χ2n) is 5.47. The van der Waals surface area contributed by atoms with Crippen LogP contribution in [0.2, 0.25) is 0 Å². The van der Waals surface area contributed by atoms with Gasteiger partial charge in [0.1, 0.15) is 0 Å². The lowest BCUT2D eigenvalue weighted by Gasteiger charge is -2.33. The Labute approximate surface area is 109 Å². The molecule has 1 heterocycles. The van der Waals surface area contributed by atoms with Crippen LogP contribution >= 0.6 is 0 Å². The second-order valence-corrected chi connectivity index (χ2v) is 7.45. The molecule has 0 amide bonds. The molecule has 1 saturated heterocycles. The standard InChI is InChI=1S/C12H23NO4S/c1-9(10(2)12(14)15)7-11-5-4-6-13(8-11)18(3,16)17/h9-11H,4-8H2,1-3H3,(H,14,15). The number of carboxylic acids is 1. The van der Waals surface area contributed by atoms with Crippen LogP contribution in [0.15, 0.2) is 0 Å². The number of carboxylic acid groups (broad SMARTS) is 1. The van der Waals surface area contributed by atoms with Crippen molar-refractivity contribution in [2.45, 2.75) is 33.1 Å². The molecule has 1 N–H and O–H groups in total. The first-order valence-corrected chi connectivity index (χ1v) is 8.24. The lowest BCUT2D eigenvalue weighted by atomic mass is 9.84. The van der Waals surface area contributed by atoms with E-state index in [0.29, 0.717) is 13.1 Å². The zero-order valence-corrected chi connectivity index (χ0v) is 12.1. The Balaban J connectivity index is 2.55. The summed E-state index contributed by atoms with van der Waals surface area (Å²) in [6.45, 7) is 4.77. The average molecular weight is 277 g/mol. The average Bonchev–Trinajstić information content (AvgIpc) is 2.27. The molecule has 0 radical (unpaired) electrons. The van der Waals surface area contributed by atoms with Gasteiger partial charge in [0.2, 0.25) is 10.0 Å². The first kappa shape index (κ1) is 15.4. The van der Waals surface area contributed by atoms with Gasteiger partial charge in [0.15, 0.2) is 0 Å². The fourth-order valence-electron chi connectivity index (χ4n) is 2.49. The molecule has 0 aromatic heterocycles. The molecule has 106 valence electrons. The molecule has 1 aliphatic heterocycles. The molecule has 0 aromatic carbocycles. The third kappa shape index (κ3) is 4.24. The van der Waals surface area contributed by atoms with E-state index < -0.39 is 16.0 Å². The molecule has 0 spiro atoms. The number of nitrogens with zero attached hydrogens (tertiary/aromatic N) is 1. The van der Waals surface area contributed by atoms with Crippen LogP contribution in [0.25, 0.3) is 0 Å². The largest absolute Gasteiger partial charge is 0.481 e. The van der Waals surface area contributed by atoms with E-state index in [1.165, 1.54) is 10.6 Å². The lowest BCUT2D eigenvalue weighted by Crippen LogP contribution is -2.40. The van der Waals surface area contributed by atoms with Crippen LogP contribution in [0.1, 0.15) is 33.1 Å². The molecule has 5 nitrogen and oxygen atoms in total. The van der Waals surface area contributed by atoms with Crippen molar-refractivity contribution in [2.24, 2.45) is 17.8 Å². The van der Waals surface area contributed by atoms with Crippen molar-refractivity contribution in [3.8, 4) is 0 Å². The molecule has 0 saturated carbocycles. The number of sulfonamides is 1. The molecule has 1 rings (SSSR count). The smallest absolute Gasteiger partial charge is 0.306 e. The monoisotopic (exact) mass is 277 g/mol. The van der Waals surface area contributed by atoms with Crippen LogP contribution in [0.5, 0.6) is 0 Å². The van der Waals surface area contributed by atoms with Gasteiger partial charge < -0.3 is 5.11 Å². The SMILES string of the molecule is CC(CC1CCCN(S(C)(=O)=O)C1)C(C)C(=O)O. The third-order valence-corrected chi connectivity index (χ3v) is 5.17. The van der Waals surface area contributed by atoms with E-state index in [0.717, 1.165) is 19.3 Å². The van der Waals surface area contributed by atoms with Crippen molar-refractivity contribution in [1.29, 1.82) is 0 Å². The van der Waals surface area contributed by atoms with Gasteiger partial charge in [-0.05, 0) is 31.1 Å². The number of piperidine rings is 1. The molecule has 0 bridgehead atoms.